The SMILES string of the molecule is CCNC1CCCC(c2ccc(OC)cc2F)C1. The minimum Gasteiger partial charge on any atom is -0.497 e. The lowest BCUT2D eigenvalue weighted by atomic mass is 9.81. The van der Waals surface area contributed by atoms with Crippen LogP contribution in [0.2, 0.25) is 0 Å². The van der Waals surface area contributed by atoms with Crippen LogP contribution in [0.5, 0.6) is 5.75 Å². The van der Waals surface area contributed by atoms with Crippen LogP contribution in [0.25, 0.3) is 0 Å². The van der Waals surface area contributed by atoms with Crippen molar-refractivity contribution in [1.82, 2.24) is 5.32 Å². The highest BCUT2D eigenvalue weighted by Gasteiger charge is 2.24. The van der Waals surface area contributed by atoms with E-state index in [0.717, 1.165) is 24.9 Å². The first-order valence-corrected chi connectivity index (χ1v) is 6.81. The summed E-state index contributed by atoms with van der Waals surface area (Å²) in [6.45, 7) is 3.11. The Kier molecular flexibility index (Phi) is 4.59. The van der Waals surface area contributed by atoms with Crippen molar-refractivity contribution in [2.45, 2.75) is 44.6 Å². The number of benzene rings is 1. The second-order valence-electron chi connectivity index (χ2n) is 5.01. The van der Waals surface area contributed by atoms with E-state index in [9.17, 15) is 4.39 Å². The van der Waals surface area contributed by atoms with E-state index in [1.54, 1.807) is 7.11 Å². The van der Waals surface area contributed by atoms with Crippen molar-refractivity contribution >= 4 is 0 Å². The van der Waals surface area contributed by atoms with Crippen molar-refractivity contribution < 1.29 is 9.13 Å². The van der Waals surface area contributed by atoms with E-state index in [4.69, 9.17) is 4.74 Å². The Labute approximate surface area is 109 Å². The summed E-state index contributed by atoms with van der Waals surface area (Å²) < 4.78 is 19.1. The molecule has 1 saturated carbocycles. The summed E-state index contributed by atoms with van der Waals surface area (Å²) in [4.78, 5) is 0. The molecule has 0 saturated heterocycles. The molecule has 1 aliphatic rings. The third-order valence-electron chi connectivity index (χ3n) is 3.81. The van der Waals surface area contributed by atoms with E-state index in [2.05, 4.69) is 12.2 Å². The van der Waals surface area contributed by atoms with Crippen LogP contribution in [0.3, 0.4) is 0 Å². The van der Waals surface area contributed by atoms with Crippen molar-refractivity contribution in [3.05, 3.63) is 29.6 Å². The maximum atomic E-state index is 14.0. The third-order valence-corrected chi connectivity index (χ3v) is 3.81. The quantitative estimate of drug-likeness (QED) is 0.884. The van der Waals surface area contributed by atoms with Gasteiger partial charge < -0.3 is 10.1 Å². The molecule has 0 aliphatic heterocycles. The molecule has 0 spiro atoms. The highest BCUT2D eigenvalue weighted by molar-refractivity contribution is 5.31. The van der Waals surface area contributed by atoms with Crippen LogP contribution < -0.4 is 10.1 Å². The maximum Gasteiger partial charge on any atom is 0.130 e. The van der Waals surface area contributed by atoms with Crippen LogP contribution in [0.4, 0.5) is 4.39 Å². The van der Waals surface area contributed by atoms with Crippen molar-refractivity contribution in [2.24, 2.45) is 0 Å². The zero-order valence-corrected chi connectivity index (χ0v) is 11.2. The summed E-state index contributed by atoms with van der Waals surface area (Å²) in [5.41, 5.74) is 0.846. The monoisotopic (exact) mass is 251 g/mol. The number of rotatable bonds is 4. The summed E-state index contributed by atoms with van der Waals surface area (Å²) in [5, 5.41) is 3.48. The van der Waals surface area contributed by atoms with Gasteiger partial charge in [0, 0.05) is 12.1 Å². The van der Waals surface area contributed by atoms with Gasteiger partial charge in [-0.1, -0.05) is 19.4 Å². The van der Waals surface area contributed by atoms with Gasteiger partial charge in [0.2, 0.25) is 0 Å². The predicted molar refractivity (Wildman–Crippen MR) is 71.6 cm³/mol. The Morgan fingerprint density at radius 2 is 2.22 bits per heavy atom. The van der Waals surface area contributed by atoms with Crippen LogP contribution in [0, 0.1) is 5.82 Å². The topological polar surface area (TPSA) is 21.3 Å². The van der Waals surface area contributed by atoms with Gasteiger partial charge in [-0.25, -0.2) is 4.39 Å². The third kappa shape index (κ3) is 3.02. The summed E-state index contributed by atoms with van der Waals surface area (Å²) >= 11 is 0. The van der Waals surface area contributed by atoms with Gasteiger partial charge in [-0.15, -0.1) is 0 Å². The first kappa shape index (κ1) is 13.3. The lowest BCUT2D eigenvalue weighted by Gasteiger charge is -2.30. The fraction of sp³-hybridized carbons (Fsp3) is 0.600. The number of ether oxygens (including phenoxy) is 1. The number of hydrogen-bond donors (Lipinski definition) is 1. The van der Waals surface area contributed by atoms with E-state index >= 15 is 0 Å². The van der Waals surface area contributed by atoms with Crippen molar-refractivity contribution in [2.75, 3.05) is 13.7 Å². The molecule has 0 radical (unpaired) electrons. The molecule has 0 bridgehead atoms. The first-order valence-electron chi connectivity index (χ1n) is 6.81. The molecule has 0 heterocycles. The van der Waals surface area contributed by atoms with E-state index < -0.39 is 0 Å². The van der Waals surface area contributed by atoms with Crippen LogP contribution in [0.15, 0.2) is 18.2 Å². The summed E-state index contributed by atoms with van der Waals surface area (Å²) in [6.07, 6.45) is 4.51. The number of hydrogen-bond acceptors (Lipinski definition) is 2. The highest BCUT2D eigenvalue weighted by atomic mass is 19.1. The summed E-state index contributed by atoms with van der Waals surface area (Å²) in [6, 6.07) is 5.77. The predicted octanol–water partition coefficient (Wildman–Crippen LogP) is 3.47. The van der Waals surface area contributed by atoms with Crippen LogP contribution in [-0.4, -0.2) is 19.7 Å². The molecular weight excluding hydrogens is 229 g/mol. The summed E-state index contributed by atoms with van der Waals surface area (Å²) in [7, 11) is 1.57. The van der Waals surface area contributed by atoms with Gasteiger partial charge in [0.25, 0.3) is 0 Å². The Hall–Kier alpha value is -1.09. The fourth-order valence-electron chi connectivity index (χ4n) is 2.91. The van der Waals surface area contributed by atoms with Crippen LogP contribution >= 0.6 is 0 Å². The van der Waals surface area contributed by atoms with Gasteiger partial charge in [-0.2, -0.15) is 0 Å². The number of halogens is 1. The van der Waals surface area contributed by atoms with Crippen molar-refractivity contribution in [3.8, 4) is 5.75 Å². The van der Waals surface area contributed by atoms with E-state index in [1.807, 2.05) is 12.1 Å². The molecule has 2 atom stereocenters. The minimum absolute atomic E-state index is 0.128. The highest BCUT2D eigenvalue weighted by Crippen LogP contribution is 2.35. The molecule has 3 heteroatoms. The second-order valence-corrected chi connectivity index (χ2v) is 5.01. The summed E-state index contributed by atoms with van der Waals surface area (Å²) in [5.74, 6) is 0.806. The molecule has 0 amide bonds. The van der Waals surface area contributed by atoms with E-state index in [1.165, 1.54) is 18.9 Å². The molecule has 18 heavy (non-hydrogen) atoms. The molecule has 1 fully saturated rings. The molecule has 2 rings (SSSR count). The van der Waals surface area contributed by atoms with Gasteiger partial charge in [0.15, 0.2) is 0 Å². The average Bonchev–Trinajstić information content (AvgIpc) is 2.39. The molecule has 0 aromatic heterocycles. The van der Waals surface area contributed by atoms with E-state index in [0.29, 0.717) is 17.7 Å². The lowest BCUT2D eigenvalue weighted by molar-refractivity contribution is 0.338. The molecule has 1 aromatic rings. The largest absolute Gasteiger partial charge is 0.497 e. The van der Waals surface area contributed by atoms with E-state index in [-0.39, 0.29) is 5.82 Å². The van der Waals surface area contributed by atoms with Gasteiger partial charge in [-0.3, -0.25) is 0 Å². The molecule has 1 N–H and O–H groups in total. The number of methoxy groups -OCH3 is 1. The lowest BCUT2D eigenvalue weighted by Crippen LogP contribution is -2.33. The van der Waals surface area contributed by atoms with Crippen LogP contribution in [-0.2, 0) is 0 Å². The molecule has 1 aliphatic carbocycles. The van der Waals surface area contributed by atoms with Crippen LogP contribution in [0.1, 0.15) is 44.1 Å². The standard InChI is InChI=1S/C15H22FNO/c1-3-17-12-6-4-5-11(9-12)14-8-7-13(18-2)10-15(14)16/h7-8,10-12,17H,3-6,9H2,1-2H3. The zero-order chi connectivity index (χ0) is 13.0. The first-order chi connectivity index (χ1) is 8.74. The Morgan fingerprint density at radius 1 is 1.39 bits per heavy atom. The van der Waals surface area contributed by atoms with Gasteiger partial charge in [0.05, 0.1) is 7.11 Å². The van der Waals surface area contributed by atoms with Gasteiger partial charge in [0.1, 0.15) is 11.6 Å². The van der Waals surface area contributed by atoms with Crippen molar-refractivity contribution in [3.63, 3.8) is 0 Å². The molecule has 1 aromatic carbocycles. The Balaban J connectivity index is 2.10. The normalized spacial score (nSPS) is 23.9. The molecular formula is C15H22FNO. The zero-order valence-electron chi connectivity index (χ0n) is 11.2. The van der Waals surface area contributed by atoms with Crippen molar-refractivity contribution in [1.29, 1.82) is 0 Å². The second kappa shape index (κ2) is 6.19. The Morgan fingerprint density at radius 3 is 2.89 bits per heavy atom. The molecule has 100 valence electrons. The minimum atomic E-state index is -0.128. The fourth-order valence-corrected chi connectivity index (χ4v) is 2.91. The number of nitrogens with one attached hydrogen (secondary N) is 1. The Bertz CT molecular complexity index is 392. The van der Waals surface area contributed by atoms with Gasteiger partial charge in [-0.05, 0) is 43.4 Å². The molecule has 2 nitrogen and oxygen atoms in total. The molecule has 2 unspecified atom stereocenters. The van der Waals surface area contributed by atoms with Gasteiger partial charge >= 0.3 is 0 Å². The maximum absolute atomic E-state index is 14.0. The smallest absolute Gasteiger partial charge is 0.130 e. The average molecular weight is 251 g/mol.